The Labute approximate surface area is 170 Å². The molecule has 0 aromatic heterocycles. The molecule has 3 rings (SSSR count). The quantitative estimate of drug-likeness (QED) is 0.430. The molecule has 0 fully saturated rings. The van der Waals surface area contributed by atoms with Gasteiger partial charge in [-0.3, -0.25) is 4.79 Å². The van der Waals surface area contributed by atoms with Crippen LogP contribution in [0.1, 0.15) is 23.6 Å². The van der Waals surface area contributed by atoms with Gasteiger partial charge in [-0.15, -0.1) is 0 Å². The lowest BCUT2D eigenvalue weighted by atomic mass is 10.00. The van der Waals surface area contributed by atoms with Crippen molar-refractivity contribution in [2.24, 2.45) is 0 Å². The fourth-order valence-electron chi connectivity index (χ4n) is 3.14. The molecule has 6 nitrogen and oxygen atoms in total. The zero-order chi connectivity index (χ0) is 20.6. The molecule has 0 aliphatic carbocycles. The van der Waals surface area contributed by atoms with Crippen LogP contribution in [0.5, 0.6) is 5.75 Å². The van der Waals surface area contributed by atoms with Crippen molar-refractivity contribution in [3.8, 4) is 11.8 Å². The number of amides is 1. The number of benzene rings is 2. The second kappa shape index (κ2) is 9.56. The number of carbonyl (C=O) groups is 2. The Kier molecular flexibility index (Phi) is 6.64. The van der Waals surface area contributed by atoms with Crippen LogP contribution in [0.15, 0.2) is 54.1 Å². The second-order valence-corrected chi connectivity index (χ2v) is 6.58. The highest BCUT2D eigenvalue weighted by atomic mass is 16.5. The molecule has 6 heteroatoms. The summed E-state index contributed by atoms with van der Waals surface area (Å²) in [5, 5.41) is 9.28. The highest BCUT2D eigenvalue weighted by Gasteiger charge is 2.22. The summed E-state index contributed by atoms with van der Waals surface area (Å²) in [5.74, 6) is -0.377. The van der Waals surface area contributed by atoms with Crippen molar-refractivity contribution in [1.82, 2.24) is 4.90 Å². The monoisotopic (exact) mass is 390 g/mol. The predicted octanol–water partition coefficient (Wildman–Crippen LogP) is 3.12. The Balaban J connectivity index is 1.57. The Morgan fingerprint density at radius 3 is 2.55 bits per heavy atom. The molecule has 1 aliphatic heterocycles. The summed E-state index contributed by atoms with van der Waals surface area (Å²) in [6, 6.07) is 16.8. The van der Waals surface area contributed by atoms with Gasteiger partial charge in [-0.05, 0) is 48.2 Å². The van der Waals surface area contributed by atoms with Crippen molar-refractivity contribution in [3.63, 3.8) is 0 Å². The third-order valence-electron chi connectivity index (χ3n) is 4.65. The maximum atomic E-state index is 12.4. The summed E-state index contributed by atoms with van der Waals surface area (Å²) in [6.07, 6.45) is 2.20. The molecule has 2 aromatic carbocycles. The lowest BCUT2D eigenvalue weighted by molar-refractivity contribution is -0.149. The van der Waals surface area contributed by atoms with E-state index in [1.807, 2.05) is 31.2 Å². The van der Waals surface area contributed by atoms with Gasteiger partial charge >= 0.3 is 5.97 Å². The summed E-state index contributed by atoms with van der Waals surface area (Å²) < 4.78 is 10.5. The van der Waals surface area contributed by atoms with Crippen molar-refractivity contribution in [1.29, 1.82) is 5.26 Å². The molecule has 1 aliphatic rings. The van der Waals surface area contributed by atoms with Crippen LogP contribution in [0, 0.1) is 11.3 Å². The van der Waals surface area contributed by atoms with E-state index in [1.165, 1.54) is 11.6 Å². The van der Waals surface area contributed by atoms with Crippen molar-refractivity contribution >= 4 is 18.0 Å². The van der Waals surface area contributed by atoms with E-state index in [4.69, 9.17) is 9.47 Å². The van der Waals surface area contributed by atoms with Crippen LogP contribution >= 0.6 is 0 Å². The first-order valence-corrected chi connectivity index (χ1v) is 9.47. The van der Waals surface area contributed by atoms with Crippen molar-refractivity contribution in [2.75, 3.05) is 19.8 Å². The van der Waals surface area contributed by atoms with Gasteiger partial charge in [0.15, 0.2) is 6.61 Å². The van der Waals surface area contributed by atoms with E-state index in [0.29, 0.717) is 31.0 Å². The number of ether oxygens (including phenoxy) is 2. The van der Waals surface area contributed by atoms with Gasteiger partial charge < -0.3 is 14.4 Å². The van der Waals surface area contributed by atoms with Crippen LogP contribution in [-0.2, 0) is 27.3 Å². The van der Waals surface area contributed by atoms with Gasteiger partial charge in [-0.2, -0.15) is 5.26 Å². The average molecular weight is 390 g/mol. The van der Waals surface area contributed by atoms with Crippen molar-refractivity contribution in [2.45, 2.75) is 19.9 Å². The van der Waals surface area contributed by atoms with Gasteiger partial charge in [0, 0.05) is 13.1 Å². The van der Waals surface area contributed by atoms with Crippen LogP contribution in [0.4, 0.5) is 0 Å². The number of fused-ring (bicyclic) bond motifs is 1. The molecule has 29 heavy (non-hydrogen) atoms. The number of esters is 1. The average Bonchev–Trinajstić information content (AvgIpc) is 2.76. The number of hydrogen-bond donors (Lipinski definition) is 0. The first-order chi connectivity index (χ1) is 14.1. The van der Waals surface area contributed by atoms with Gasteiger partial charge in [0.2, 0.25) is 0 Å². The third kappa shape index (κ3) is 5.23. The van der Waals surface area contributed by atoms with Crippen LogP contribution in [0.2, 0.25) is 0 Å². The first-order valence-electron chi connectivity index (χ1n) is 9.47. The molecule has 2 aromatic rings. The van der Waals surface area contributed by atoms with E-state index < -0.39 is 5.97 Å². The third-order valence-corrected chi connectivity index (χ3v) is 4.65. The second-order valence-electron chi connectivity index (χ2n) is 6.58. The van der Waals surface area contributed by atoms with Gasteiger partial charge in [0.1, 0.15) is 17.4 Å². The number of carbonyl (C=O) groups excluding carboxylic acids is 2. The van der Waals surface area contributed by atoms with E-state index in [2.05, 4.69) is 6.07 Å². The summed E-state index contributed by atoms with van der Waals surface area (Å²) in [7, 11) is 0. The Morgan fingerprint density at radius 1 is 1.14 bits per heavy atom. The van der Waals surface area contributed by atoms with E-state index in [0.717, 1.165) is 12.0 Å². The largest absolute Gasteiger partial charge is 0.494 e. The molecule has 0 spiro atoms. The molecule has 148 valence electrons. The summed E-state index contributed by atoms with van der Waals surface area (Å²) in [6.45, 7) is 3.15. The Morgan fingerprint density at radius 2 is 1.86 bits per heavy atom. The summed E-state index contributed by atoms with van der Waals surface area (Å²) >= 11 is 0. The van der Waals surface area contributed by atoms with Gasteiger partial charge in [-0.25, -0.2) is 4.79 Å². The lowest BCUT2D eigenvalue weighted by Crippen LogP contribution is -2.38. The van der Waals surface area contributed by atoms with E-state index >= 15 is 0 Å². The summed E-state index contributed by atoms with van der Waals surface area (Å²) in [4.78, 5) is 26.3. The van der Waals surface area contributed by atoms with Gasteiger partial charge in [-0.1, -0.05) is 36.4 Å². The van der Waals surface area contributed by atoms with Crippen LogP contribution in [0.25, 0.3) is 6.08 Å². The van der Waals surface area contributed by atoms with Crippen LogP contribution < -0.4 is 4.74 Å². The maximum absolute atomic E-state index is 12.4. The lowest BCUT2D eigenvalue weighted by Gasteiger charge is -2.28. The minimum absolute atomic E-state index is 0.161. The highest BCUT2D eigenvalue weighted by Crippen LogP contribution is 2.19. The smallest absolute Gasteiger partial charge is 0.349 e. The number of nitrogens with zero attached hydrogens (tertiary/aromatic N) is 2. The molecule has 1 heterocycles. The molecule has 0 bridgehead atoms. The molecule has 0 saturated heterocycles. The van der Waals surface area contributed by atoms with E-state index in [1.54, 1.807) is 29.2 Å². The molecule has 1 amide bonds. The number of hydrogen-bond acceptors (Lipinski definition) is 5. The SMILES string of the molecule is CCOc1ccc(/C=C(\C#N)C(=O)OCC(=O)N2CCc3ccccc3C2)cc1. The van der Waals surface area contributed by atoms with Gasteiger partial charge in [0.25, 0.3) is 5.91 Å². The molecule has 0 radical (unpaired) electrons. The van der Waals surface area contributed by atoms with Crippen molar-refractivity contribution < 1.29 is 19.1 Å². The zero-order valence-corrected chi connectivity index (χ0v) is 16.3. The first kappa shape index (κ1) is 20.2. The van der Waals surface area contributed by atoms with Crippen LogP contribution in [-0.4, -0.2) is 36.5 Å². The molecule has 0 unspecified atom stereocenters. The number of rotatable bonds is 6. The topological polar surface area (TPSA) is 79.6 Å². The summed E-state index contributed by atoms with van der Waals surface area (Å²) in [5.41, 5.74) is 2.84. The maximum Gasteiger partial charge on any atom is 0.349 e. The molecular weight excluding hydrogens is 368 g/mol. The molecule has 0 saturated carbocycles. The minimum Gasteiger partial charge on any atom is -0.494 e. The zero-order valence-electron chi connectivity index (χ0n) is 16.3. The molecular formula is C23H22N2O4. The fraction of sp³-hybridized carbons (Fsp3) is 0.261. The molecule has 0 atom stereocenters. The number of nitriles is 1. The van der Waals surface area contributed by atoms with Crippen LogP contribution in [0.3, 0.4) is 0 Å². The highest BCUT2D eigenvalue weighted by molar-refractivity contribution is 5.98. The Bertz CT molecular complexity index is 958. The van der Waals surface area contributed by atoms with E-state index in [-0.39, 0.29) is 18.1 Å². The Hall–Kier alpha value is -3.59. The standard InChI is InChI=1S/C23H22N2O4/c1-2-28-21-9-7-17(8-10-21)13-20(14-24)23(27)29-16-22(26)25-12-11-18-5-3-4-6-19(18)15-25/h3-10,13H,2,11-12,15-16H2,1H3/b20-13+. The van der Waals surface area contributed by atoms with Gasteiger partial charge in [0.05, 0.1) is 6.61 Å². The van der Waals surface area contributed by atoms with Crippen molar-refractivity contribution in [3.05, 3.63) is 70.8 Å². The minimum atomic E-state index is -0.813. The predicted molar refractivity (Wildman–Crippen MR) is 108 cm³/mol. The fourth-order valence-corrected chi connectivity index (χ4v) is 3.14. The normalized spacial score (nSPS) is 13.2. The van der Waals surface area contributed by atoms with E-state index in [9.17, 15) is 14.9 Å². The molecule has 0 N–H and O–H groups in total.